The van der Waals surface area contributed by atoms with E-state index in [1.54, 1.807) is 28.8 Å². The number of aromatic nitrogens is 3. The maximum absolute atomic E-state index is 14.0. The zero-order valence-electron chi connectivity index (χ0n) is 21.2. The van der Waals surface area contributed by atoms with Crippen molar-refractivity contribution >= 4 is 22.6 Å². The monoisotopic (exact) mass is 498 g/mol. The Hall–Kier alpha value is -4.40. The van der Waals surface area contributed by atoms with E-state index in [0.717, 1.165) is 39.3 Å². The van der Waals surface area contributed by atoms with Gasteiger partial charge in [0, 0.05) is 55.4 Å². The Labute approximate surface area is 214 Å². The number of ether oxygens (including phenoxy) is 1. The highest BCUT2D eigenvalue weighted by molar-refractivity contribution is 5.94. The average Bonchev–Trinajstić information content (AvgIpc) is 3.51. The van der Waals surface area contributed by atoms with Crippen molar-refractivity contribution in [2.75, 3.05) is 25.5 Å². The number of phenolic OH excluding ortho intramolecular Hbond substituents is 1. The van der Waals surface area contributed by atoms with Crippen molar-refractivity contribution in [1.29, 1.82) is 0 Å². The summed E-state index contributed by atoms with van der Waals surface area (Å²) in [4.78, 5) is 21.5. The van der Waals surface area contributed by atoms with Crippen LogP contribution in [-0.2, 0) is 18.3 Å². The van der Waals surface area contributed by atoms with Gasteiger partial charge in [-0.05, 0) is 48.4 Å². The molecular formula is C28H30N6O3. The van der Waals surface area contributed by atoms with Crippen LogP contribution in [0.2, 0.25) is 0 Å². The molecule has 2 aliphatic rings. The summed E-state index contributed by atoms with van der Waals surface area (Å²) in [6.45, 7) is 7.36. The lowest BCUT2D eigenvalue weighted by Crippen LogP contribution is -2.52. The molecule has 9 nitrogen and oxygen atoms in total. The number of benzene rings is 2. The summed E-state index contributed by atoms with van der Waals surface area (Å²) < 4.78 is 7.23. The number of hydrogen-bond donors (Lipinski definition) is 3. The molecular weight excluding hydrogens is 468 g/mol. The van der Waals surface area contributed by atoms with E-state index in [-0.39, 0.29) is 17.7 Å². The highest BCUT2D eigenvalue weighted by Crippen LogP contribution is 2.51. The third-order valence-corrected chi connectivity index (χ3v) is 7.57. The molecule has 2 aromatic carbocycles. The summed E-state index contributed by atoms with van der Waals surface area (Å²) in [6.07, 6.45) is 2.39. The number of aromatic amines is 1. The van der Waals surface area contributed by atoms with Crippen molar-refractivity contribution in [3.63, 3.8) is 0 Å². The van der Waals surface area contributed by atoms with Gasteiger partial charge in [-0.3, -0.25) is 14.4 Å². The second kappa shape index (κ2) is 8.33. The molecule has 2 aromatic heterocycles. The van der Waals surface area contributed by atoms with Crippen molar-refractivity contribution in [3.8, 4) is 11.5 Å². The zero-order chi connectivity index (χ0) is 25.9. The maximum Gasteiger partial charge on any atom is 0.254 e. The van der Waals surface area contributed by atoms with Gasteiger partial charge in [0.1, 0.15) is 28.7 Å². The van der Waals surface area contributed by atoms with E-state index in [1.807, 2.05) is 56.6 Å². The van der Waals surface area contributed by atoms with Crippen LogP contribution >= 0.6 is 0 Å². The number of nitrogens with one attached hydrogen (secondary N) is 2. The van der Waals surface area contributed by atoms with E-state index < -0.39 is 5.54 Å². The van der Waals surface area contributed by atoms with Crippen LogP contribution in [0.5, 0.6) is 11.5 Å². The first kappa shape index (κ1) is 23.0. The first-order chi connectivity index (χ1) is 17.8. The second-order valence-electron chi connectivity index (χ2n) is 9.92. The van der Waals surface area contributed by atoms with Crippen molar-refractivity contribution in [3.05, 3.63) is 83.9 Å². The number of amides is 1. The van der Waals surface area contributed by atoms with E-state index in [9.17, 15) is 9.90 Å². The van der Waals surface area contributed by atoms with Crippen LogP contribution in [0, 0.1) is 0 Å². The fraction of sp³-hybridized carbons (Fsp3) is 0.286. The summed E-state index contributed by atoms with van der Waals surface area (Å²) in [5, 5.41) is 19.0. The van der Waals surface area contributed by atoms with Gasteiger partial charge in [0.2, 0.25) is 0 Å². The minimum Gasteiger partial charge on any atom is -0.508 e. The van der Waals surface area contributed by atoms with Crippen LogP contribution in [0.3, 0.4) is 0 Å². The molecule has 190 valence electrons. The molecule has 3 N–H and O–H groups in total. The number of hydrogen-bond acceptors (Lipinski definition) is 6. The number of methoxy groups -OCH3 is 1. The highest BCUT2D eigenvalue weighted by atomic mass is 16.5. The molecule has 1 amide bonds. The molecule has 0 saturated carbocycles. The van der Waals surface area contributed by atoms with E-state index in [0.29, 0.717) is 25.3 Å². The van der Waals surface area contributed by atoms with E-state index in [2.05, 4.69) is 26.9 Å². The van der Waals surface area contributed by atoms with Gasteiger partial charge in [-0.15, -0.1) is 0 Å². The van der Waals surface area contributed by atoms with Gasteiger partial charge in [0.05, 0.1) is 13.2 Å². The first-order valence-corrected chi connectivity index (χ1v) is 12.3. The molecule has 2 aliphatic heterocycles. The molecule has 1 saturated heterocycles. The van der Waals surface area contributed by atoms with Crippen LogP contribution in [0.25, 0.3) is 10.9 Å². The minimum absolute atomic E-state index is 0.00775. The lowest BCUT2D eigenvalue weighted by atomic mass is 9.81. The highest BCUT2D eigenvalue weighted by Gasteiger charge is 2.57. The number of carbonyl (C=O) groups is 1. The summed E-state index contributed by atoms with van der Waals surface area (Å²) in [5.74, 6) is 2.35. The molecule has 0 unspecified atom stereocenters. The summed E-state index contributed by atoms with van der Waals surface area (Å²) in [6, 6.07) is 14.7. The molecule has 6 rings (SSSR count). The van der Waals surface area contributed by atoms with Crippen molar-refractivity contribution < 1.29 is 14.6 Å². The number of H-pyrrole nitrogens is 1. The number of aromatic hydroxyl groups is 1. The lowest BCUT2D eigenvalue weighted by Gasteiger charge is -2.44. The van der Waals surface area contributed by atoms with Crippen molar-refractivity contribution in [2.24, 2.45) is 7.05 Å². The smallest absolute Gasteiger partial charge is 0.254 e. The normalized spacial score (nSPS) is 20.9. The van der Waals surface area contributed by atoms with Crippen molar-refractivity contribution in [2.45, 2.75) is 24.9 Å². The Bertz CT molecular complexity index is 1540. The number of carbonyl (C=O) groups excluding carboxylic acids is 1. The molecule has 4 aromatic rings. The zero-order valence-corrected chi connectivity index (χ0v) is 21.2. The molecule has 0 spiro atoms. The quantitative estimate of drug-likeness (QED) is 0.375. The summed E-state index contributed by atoms with van der Waals surface area (Å²) in [5.41, 5.74) is 3.09. The largest absolute Gasteiger partial charge is 0.508 e. The van der Waals surface area contributed by atoms with Gasteiger partial charge >= 0.3 is 0 Å². The van der Waals surface area contributed by atoms with Crippen LogP contribution in [-0.4, -0.2) is 61.3 Å². The van der Waals surface area contributed by atoms with Crippen LogP contribution in [0.4, 0.5) is 5.82 Å². The summed E-state index contributed by atoms with van der Waals surface area (Å²) in [7, 11) is 3.52. The molecule has 0 radical (unpaired) electrons. The van der Waals surface area contributed by atoms with Gasteiger partial charge in [0.25, 0.3) is 5.91 Å². The van der Waals surface area contributed by atoms with Crippen LogP contribution in [0.15, 0.2) is 67.1 Å². The number of aryl methyl sites for hydroxylation is 1. The third-order valence-electron chi connectivity index (χ3n) is 7.57. The minimum atomic E-state index is -0.844. The number of rotatable bonds is 6. The van der Waals surface area contributed by atoms with Gasteiger partial charge in [-0.2, -0.15) is 5.10 Å². The molecule has 9 heteroatoms. The summed E-state index contributed by atoms with van der Waals surface area (Å²) >= 11 is 0. The second-order valence-corrected chi connectivity index (χ2v) is 9.92. The van der Waals surface area contributed by atoms with E-state index in [4.69, 9.17) is 4.74 Å². The molecule has 1 fully saturated rings. The number of phenols is 1. The predicted molar refractivity (Wildman–Crippen MR) is 141 cm³/mol. The Morgan fingerprint density at radius 1 is 1.27 bits per heavy atom. The lowest BCUT2D eigenvalue weighted by molar-refractivity contribution is -0.133. The van der Waals surface area contributed by atoms with Gasteiger partial charge < -0.3 is 25.0 Å². The van der Waals surface area contributed by atoms with E-state index >= 15 is 0 Å². The molecule has 37 heavy (non-hydrogen) atoms. The number of anilines is 1. The maximum atomic E-state index is 14.0. The van der Waals surface area contributed by atoms with Gasteiger partial charge in [0.15, 0.2) is 0 Å². The Kier molecular flexibility index (Phi) is 5.18. The fourth-order valence-electron chi connectivity index (χ4n) is 5.84. The standard InChI is InChI=1S/C28H30N6O3/c1-17-33(13-11-29-24-10-12-32(3)31-24)27(36)28(2)16-22-21-15-20(37-4)8-9-23(21)30-25(22)26(34(17)28)18-6-5-7-19(35)14-18/h5-10,12,14-15,26,30,35H,1,11,13,16H2,2-4H3,(H,29,31)/t26-,28+/m1/s1. The Morgan fingerprint density at radius 2 is 2.11 bits per heavy atom. The average molecular weight is 499 g/mol. The van der Waals surface area contributed by atoms with Crippen LogP contribution < -0.4 is 10.1 Å². The molecule has 2 atom stereocenters. The van der Waals surface area contributed by atoms with Gasteiger partial charge in [-0.1, -0.05) is 18.7 Å². The van der Waals surface area contributed by atoms with E-state index in [1.165, 1.54) is 0 Å². The van der Waals surface area contributed by atoms with Gasteiger partial charge in [-0.25, -0.2) is 0 Å². The Morgan fingerprint density at radius 3 is 2.84 bits per heavy atom. The molecule has 0 aliphatic carbocycles. The Balaban J connectivity index is 1.42. The third kappa shape index (κ3) is 3.53. The molecule has 0 bridgehead atoms. The predicted octanol–water partition coefficient (Wildman–Crippen LogP) is 3.75. The topological polar surface area (TPSA) is 98.7 Å². The number of nitrogens with zero attached hydrogens (tertiary/aromatic N) is 4. The fourth-order valence-corrected chi connectivity index (χ4v) is 5.84. The van der Waals surface area contributed by atoms with Crippen molar-refractivity contribution in [1.82, 2.24) is 24.6 Å². The molecule has 4 heterocycles. The SMILES string of the molecule is C=C1N(CCNc2ccn(C)n2)C(=O)[C@]2(C)Cc3c([nH]c4ccc(OC)cc34)[C@@H](c3cccc(O)c3)N12. The first-order valence-electron chi connectivity index (χ1n) is 12.3. The van der Waals surface area contributed by atoms with Crippen LogP contribution in [0.1, 0.15) is 29.8 Å². The number of fused-ring (bicyclic) bond motifs is 4.